The quantitative estimate of drug-likeness (QED) is 0.704. The van der Waals surface area contributed by atoms with Crippen molar-refractivity contribution < 1.29 is 19.1 Å². The summed E-state index contributed by atoms with van der Waals surface area (Å²) in [6, 6.07) is 11.9. The van der Waals surface area contributed by atoms with Gasteiger partial charge in [0.25, 0.3) is 5.91 Å². The van der Waals surface area contributed by atoms with E-state index in [1.807, 2.05) is 6.92 Å². The van der Waals surface area contributed by atoms with Gasteiger partial charge in [0.15, 0.2) is 18.1 Å². The molecular formula is C18H18Cl2N2O4. The maximum Gasteiger partial charge on any atom is 0.276 e. The van der Waals surface area contributed by atoms with Crippen molar-refractivity contribution >= 4 is 35.0 Å². The Bertz CT molecular complexity index is 784. The molecule has 0 saturated heterocycles. The fraction of sp³-hybridized carbons (Fsp3) is 0.222. The Morgan fingerprint density at radius 1 is 0.962 bits per heavy atom. The monoisotopic (exact) mass is 396 g/mol. The predicted octanol–water partition coefficient (Wildman–Crippen LogP) is 3.16. The van der Waals surface area contributed by atoms with Crippen molar-refractivity contribution in [3.63, 3.8) is 0 Å². The van der Waals surface area contributed by atoms with Crippen molar-refractivity contribution in [3.05, 3.63) is 58.1 Å². The van der Waals surface area contributed by atoms with Crippen LogP contribution in [0.15, 0.2) is 42.5 Å². The minimum Gasteiger partial charge on any atom is -0.490 e. The first-order valence-corrected chi connectivity index (χ1v) is 8.61. The van der Waals surface area contributed by atoms with Crippen LogP contribution in [0.4, 0.5) is 0 Å². The molecule has 2 rings (SSSR count). The number of benzene rings is 2. The molecule has 0 aliphatic rings. The molecule has 0 aliphatic heterocycles. The van der Waals surface area contributed by atoms with E-state index in [1.54, 1.807) is 42.5 Å². The van der Waals surface area contributed by atoms with Crippen LogP contribution in [0.2, 0.25) is 10.0 Å². The highest BCUT2D eigenvalue weighted by Crippen LogP contribution is 2.26. The molecule has 0 fully saturated rings. The van der Waals surface area contributed by atoms with E-state index in [0.29, 0.717) is 33.7 Å². The van der Waals surface area contributed by atoms with Gasteiger partial charge in [-0.3, -0.25) is 20.4 Å². The van der Waals surface area contributed by atoms with Crippen molar-refractivity contribution in [2.75, 3.05) is 13.2 Å². The molecule has 0 aromatic heterocycles. The molecule has 0 heterocycles. The van der Waals surface area contributed by atoms with E-state index in [-0.39, 0.29) is 13.0 Å². The van der Waals surface area contributed by atoms with E-state index in [1.165, 1.54) is 0 Å². The molecule has 8 heteroatoms. The van der Waals surface area contributed by atoms with Gasteiger partial charge in [-0.1, -0.05) is 41.4 Å². The maximum absolute atomic E-state index is 11.9. The van der Waals surface area contributed by atoms with E-state index in [9.17, 15) is 9.59 Å². The van der Waals surface area contributed by atoms with Gasteiger partial charge in [0.1, 0.15) is 0 Å². The Labute approximate surface area is 161 Å². The molecule has 2 amide bonds. The summed E-state index contributed by atoms with van der Waals surface area (Å²) in [4.78, 5) is 23.7. The number of ether oxygens (including phenoxy) is 2. The third-order valence-corrected chi connectivity index (χ3v) is 3.80. The predicted molar refractivity (Wildman–Crippen MR) is 99.6 cm³/mol. The average Bonchev–Trinajstić information content (AvgIpc) is 2.62. The molecule has 2 N–H and O–H groups in total. The van der Waals surface area contributed by atoms with Crippen molar-refractivity contribution in [1.82, 2.24) is 10.9 Å². The molecular weight excluding hydrogens is 379 g/mol. The van der Waals surface area contributed by atoms with Gasteiger partial charge in [0.2, 0.25) is 5.91 Å². The van der Waals surface area contributed by atoms with Crippen LogP contribution in [0.5, 0.6) is 11.5 Å². The Kier molecular flexibility index (Phi) is 7.56. The van der Waals surface area contributed by atoms with Crippen molar-refractivity contribution in [3.8, 4) is 11.5 Å². The van der Waals surface area contributed by atoms with Crippen LogP contribution in [-0.4, -0.2) is 25.0 Å². The lowest BCUT2D eigenvalue weighted by atomic mass is 10.1. The highest BCUT2D eigenvalue weighted by atomic mass is 35.5. The second-order valence-corrected chi connectivity index (χ2v) is 6.02. The summed E-state index contributed by atoms with van der Waals surface area (Å²) in [5.41, 5.74) is 5.19. The second kappa shape index (κ2) is 9.89. The zero-order valence-electron chi connectivity index (χ0n) is 14.1. The maximum atomic E-state index is 11.9. The minimum absolute atomic E-state index is 0.00428. The molecule has 26 heavy (non-hydrogen) atoms. The third-order valence-electron chi connectivity index (χ3n) is 3.22. The van der Waals surface area contributed by atoms with Gasteiger partial charge in [-0.2, -0.15) is 0 Å². The molecule has 138 valence electrons. The Morgan fingerprint density at radius 3 is 2.27 bits per heavy atom. The summed E-state index contributed by atoms with van der Waals surface area (Å²) in [7, 11) is 0. The number of carbonyl (C=O) groups excluding carboxylic acids is 2. The van der Waals surface area contributed by atoms with Crippen molar-refractivity contribution in [2.45, 2.75) is 13.3 Å². The number of hydrogen-bond donors (Lipinski definition) is 2. The second-order valence-electron chi connectivity index (χ2n) is 5.18. The highest BCUT2D eigenvalue weighted by Gasteiger charge is 2.10. The van der Waals surface area contributed by atoms with E-state index >= 15 is 0 Å². The van der Waals surface area contributed by atoms with Gasteiger partial charge in [-0.25, -0.2) is 0 Å². The van der Waals surface area contributed by atoms with E-state index < -0.39 is 11.8 Å². The lowest BCUT2D eigenvalue weighted by molar-refractivity contribution is -0.129. The molecule has 2 aromatic rings. The first kappa shape index (κ1) is 19.9. The summed E-state index contributed by atoms with van der Waals surface area (Å²) in [5.74, 6) is 0.0668. The standard InChI is InChI=1S/C18H18Cl2N2O4/c1-2-25-15-5-3-4-6-16(15)26-11-18(24)22-21-17(23)9-12-7-8-13(19)10-14(12)20/h3-8,10H,2,9,11H2,1H3,(H,21,23)(H,22,24). The van der Waals surface area contributed by atoms with Crippen LogP contribution >= 0.6 is 23.2 Å². The van der Waals surface area contributed by atoms with Crippen LogP contribution in [0.1, 0.15) is 12.5 Å². The molecule has 0 bridgehead atoms. The average molecular weight is 397 g/mol. The number of hydrazine groups is 1. The Balaban J connectivity index is 1.79. The number of amides is 2. The van der Waals surface area contributed by atoms with Crippen molar-refractivity contribution in [2.24, 2.45) is 0 Å². The molecule has 0 atom stereocenters. The number of carbonyl (C=O) groups is 2. The van der Waals surface area contributed by atoms with Gasteiger partial charge in [0.05, 0.1) is 13.0 Å². The largest absolute Gasteiger partial charge is 0.490 e. The molecule has 6 nitrogen and oxygen atoms in total. The highest BCUT2D eigenvalue weighted by molar-refractivity contribution is 6.35. The van der Waals surface area contributed by atoms with Gasteiger partial charge in [-0.05, 0) is 36.8 Å². The Morgan fingerprint density at radius 2 is 1.62 bits per heavy atom. The number of rotatable bonds is 7. The van der Waals surface area contributed by atoms with Gasteiger partial charge in [0, 0.05) is 10.0 Å². The van der Waals surface area contributed by atoms with Crippen LogP contribution in [0.25, 0.3) is 0 Å². The summed E-state index contributed by atoms with van der Waals surface area (Å²) in [6.45, 7) is 2.06. The van der Waals surface area contributed by atoms with Crippen molar-refractivity contribution in [1.29, 1.82) is 0 Å². The van der Waals surface area contributed by atoms with Crippen LogP contribution in [-0.2, 0) is 16.0 Å². The van der Waals surface area contributed by atoms with Gasteiger partial charge in [-0.15, -0.1) is 0 Å². The molecule has 0 saturated carbocycles. The summed E-state index contributed by atoms with van der Waals surface area (Å²) < 4.78 is 10.8. The zero-order chi connectivity index (χ0) is 18.9. The molecule has 2 aromatic carbocycles. The molecule has 0 spiro atoms. The van der Waals surface area contributed by atoms with E-state index in [0.717, 1.165) is 0 Å². The number of halogens is 2. The van der Waals surface area contributed by atoms with Crippen LogP contribution in [0.3, 0.4) is 0 Å². The van der Waals surface area contributed by atoms with E-state index in [4.69, 9.17) is 32.7 Å². The SMILES string of the molecule is CCOc1ccccc1OCC(=O)NNC(=O)Cc1ccc(Cl)cc1Cl. The lowest BCUT2D eigenvalue weighted by Crippen LogP contribution is -2.44. The fourth-order valence-corrected chi connectivity index (χ4v) is 2.52. The van der Waals surface area contributed by atoms with E-state index in [2.05, 4.69) is 10.9 Å². The fourth-order valence-electron chi connectivity index (χ4n) is 2.05. The minimum atomic E-state index is -0.508. The molecule has 0 aliphatic carbocycles. The zero-order valence-corrected chi connectivity index (χ0v) is 15.6. The number of nitrogens with one attached hydrogen (secondary N) is 2. The first-order valence-electron chi connectivity index (χ1n) is 7.85. The normalized spacial score (nSPS) is 10.1. The summed E-state index contributed by atoms with van der Waals surface area (Å²) in [5, 5.41) is 0.867. The first-order chi connectivity index (χ1) is 12.5. The summed E-state index contributed by atoms with van der Waals surface area (Å²) in [6.07, 6.45) is 0.00428. The molecule has 0 unspecified atom stereocenters. The lowest BCUT2D eigenvalue weighted by Gasteiger charge is -2.12. The topological polar surface area (TPSA) is 76.7 Å². The molecule has 0 radical (unpaired) electrons. The number of hydrogen-bond acceptors (Lipinski definition) is 4. The smallest absolute Gasteiger partial charge is 0.276 e. The summed E-state index contributed by atoms with van der Waals surface area (Å²) >= 11 is 11.8. The Hall–Kier alpha value is -2.44. The van der Waals surface area contributed by atoms with Gasteiger partial charge >= 0.3 is 0 Å². The number of para-hydroxylation sites is 2. The van der Waals surface area contributed by atoms with Gasteiger partial charge < -0.3 is 9.47 Å². The third kappa shape index (κ3) is 6.13. The van der Waals surface area contributed by atoms with Crippen LogP contribution in [0, 0.1) is 0 Å². The van der Waals surface area contributed by atoms with Crippen LogP contribution < -0.4 is 20.3 Å².